The van der Waals surface area contributed by atoms with Gasteiger partial charge in [0.1, 0.15) is 0 Å². The van der Waals surface area contributed by atoms with Crippen LogP contribution >= 0.6 is 0 Å². The lowest BCUT2D eigenvalue weighted by Gasteiger charge is -2.09. The number of nitrogens with one attached hydrogen (secondary N) is 1. The third-order valence-electron chi connectivity index (χ3n) is 2.88. The first-order valence-electron chi connectivity index (χ1n) is 5.90. The predicted octanol–water partition coefficient (Wildman–Crippen LogP) is 0.400. The Hall–Kier alpha value is -2.37. The van der Waals surface area contributed by atoms with Gasteiger partial charge in [0.05, 0.1) is 11.3 Å². The molecule has 6 nitrogen and oxygen atoms in total. The van der Waals surface area contributed by atoms with Crippen LogP contribution in [-0.2, 0) is 20.6 Å². The minimum atomic E-state index is -0.328. The molecule has 2 rings (SSSR count). The number of aryl methyl sites for hydroxylation is 2. The maximum atomic E-state index is 11.9. The number of pyridine rings is 1. The van der Waals surface area contributed by atoms with Crippen LogP contribution in [0.2, 0.25) is 0 Å². The Bertz CT molecular complexity index is 715. The fourth-order valence-corrected chi connectivity index (χ4v) is 1.85. The Kier molecular flexibility index (Phi) is 3.50. The van der Waals surface area contributed by atoms with Crippen molar-refractivity contribution >= 4 is 5.69 Å². The van der Waals surface area contributed by atoms with Crippen LogP contribution in [0.5, 0.6) is 0 Å². The summed E-state index contributed by atoms with van der Waals surface area (Å²) in [6.07, 6.45) is 5.01. The largest absolute Gasteiger partial charge is 0.379 e. The molecule has 0 amide bonds. The molecule has 0 saturated carbocycles. The van der Waals surface area contributed by atoms with Gasteiger partial charge >= 0.3 is 5.69 Å². The Labute approximate surface area is 110 Å². The Morgan fingerprint density at radius 1 is 1.26 bits per heavy atom. The molecule has 0 spiro atoms. The molecule has 6 heteroatoms. The third-order valence-corrected chi connectivity index (χ3v) is 2.88. The molecule has 0 fully saturated rings. The monoisotopic (exact) mass is 260 g/mol. The maximum Gasteiger partial charge on any atom is 0.330 e. The number of aromatic nitrogens is 3. The van der Waals surface area contributed by atoms with Crippen LogP contribution in [0.3, 0.4) is 0 Å². The first kappa shape index (κ1) is 13.1. The van der Waals surface area contributed by atoms with Gasteiger partial charge in [-0.15, -0.1) is 0 Å². The molecule has 2 aromatic heterocycles. The number of hydrogen-bond donors (Lipinski definition) is 1. The highest BCUT2D eigenvalue weighted by molar-refractivity contribution is 5.42. The highest BCUT2D eigenvalue weighted by Gasteiger charge is 2.06. The molecule has 0 radical (unpaired) electrons. The van der Waals surface area contributed by atoms with E-state index in [0.717, 1.165) is 15.8 Å². The molecule has 0 bridgehead atoms. The average molecular weight is 260 g/mol. The van der Waals surface area contributed by atoms with E-state index in [0.29, 0.717) is 12.1 Å². The van der Waals surface area contributed by atoms with Gasteiger partial charge in [0, 0.05) is 39.2 Å². The first-order valence-corrected chi connectivity index (χ1v) is 5.90. The molecule has 0 aliphatic heterocycles. The van der Waals surface area contributed by atoms with E-state index in [2.05, 4.69) is 10.3 Å². The van der Waals surface area contributed by atoms with E-state index >= 15 is 0 Å². The minimum Gasteiger partial charge on any atom is -0.379 e. The van der Waals surface area contributed by atoms with Gasteiger partial charge in [0.2, 0.25) is 0 Å². The number of hydrogen-bond acceptors (Lipinski definition) is 4. The molecule has 0 aromatic carbocycles. The van der Waals surface area contributed by atoms with E-state index in [1.807, 2.05) is 13.0 Å². The summed E-state index contributed by atoms with van der Waals surface area (Å²) >= 11 is 0. The molecule has 2 heterocycles. The van der Waals surface area contributed by atoms with Crippen LogP contribution in [0.4, 0.5) is 5.69 Å². The summed E-state index contributed by atoms with van der Waals surface area (Å²) in [6, 6.07) is 1.94. The van der Waals surface area contributed by atoms with E-state index in [1.54, 1.807) is 25.6 Å². The smallest absolute Gasteiger partial charge is 0.330 e. The summed E-state index contributed by atoms with van der Waals surface area (Å²) in [5.74, 6) is 0. The zero-order valence-electron chi connectivity index (χ0n) is 11.2. The average Bonchev–Trinajstić information content (AvgIpc) is 2.39. The second-order valence-corrected chi connectivity index (χ2v) is 4.52. The second kappa shape index (κ2) is 5.09. The molecular weight excluding hydrogens is 244 g/mol. The molecule has 100 valence electrons. The van der Waals surface area contributed by atoms with Gasteiger partial charge in [0.15, 0.2) is 0 Å². The molecule has 0 saturated heterocycles. The quantitative estimate of drug-likeness (QED) is 0.867. The zero-order chi connectivity index (χ0) is 14.0. The third kappa shape index (κ3) is 2.73. The number of nitrogens with zero attached hydrogens (tertiary/aromatic N) is 3. The van der Waals surface area contributed by atoms with Crippen molar-refractivity contribution in [2.24, 2.45) is 14.1 Å². The van der Waals surface area contributed by atoms with Gasteiger partial charge < -0.3 is 9.88 Å². The number of rotatable bonds is 3. The molecular formula is C13H16N4O2. The molecule has 0 aliphatic carbocycles. The summed E-state index contributed by atoms with van der Waals surface area (Å²) in [4.78, 5) is 27.5. The van der Waals surface area contributed by atoms with Crippen LogP contribution < -0.4 is 16.6 Å². The molecule has 2 aromatic rings. The highest BCUT2D eigenvalue weighted by atomic mass is 16.2. The van der Waals surface area contributed by atoms with Crippen molar-refractivity contribution in [1.82, 2.24) is 14.1 Å². The summed E-state index contributed by atoms with van der Waals surface area (Å²) < 4.78 is 2.50. The van der Waals surface area contributed by atoms with Crippen LogP contribution in [0, 0.1) is 6.92 Å². The van der Waals surface area contributed by atoms with E-state index in [9.17, 15) is 9.59 Å². The maximum absolute atomic E-state index is 11.9. The molecule has 0 unspecified atom stereocenters. The lowest BCUT2D eigenvalue weighted by atomic mass is 10.2. The van der Waals surface area contributed by atoms with E-state index < -0.39 is 0 Å². The van der Waals surface area contributed by atoms with Gasteiger partial charge in [0.25, 0.3) is 5.56 Å². The SMILES string of the molecule is Cc1cncc(NCc2cn(C)c(=O)n(C)c2=O)c1. The summed E-state index contributed by atoms with van der Waals surface area (Å²) in [5, 5.41) is 3.13. The van der Waals surface area contributed by atoms with Gasteiger partial charge in [-0.1, -0.05) is 0 Å². The van der Waals surface area contributed by atoms with Gasteiger partial charge in [-0.25, -0.2) is 4.79 Å². The Morgan fingerprint density at radius 3 is 2.68 bits per heavy atom. The summed E-state index contributed by atoms with van der Waals surface area (Å²) in [6.45, 7) is 2.30. The summed E-state index contributed by atoms with van der Waals surface area (Å²) in [7, 11) is 3.10. The predicted molar refractivity (Wildman–Crippen MR) is 73.2 cm³/mol. The van der Waals surface area contributed by atoms with Gasteiger partial charge in [-0.05, 0) is 18.6 Å². The van der Waals surface area contributed by atoms with Crippen LogP contribution in [0.15, 0.2) is 34.2 Å². The van der Waals surface area contributed by atoms with Crippen LogP contribution in [-0.4, -0.2) is 14.1 Å². The second-order valence-electron chi connectivity index (χ2n) is 4.52. The summed E-state index contributed by atoms with van der Waals surface area (Å²) in [5.41, 5.74) is 1.81. The topological polar surface area (TPSA) is 68.9 Å². The van der Waals surface area contributed by atoms with Gasteiger partial charge in [-0.3, -0.25) is 14.3 Å². The highest BCUT2D eigenvalue weighted by Crippen LogP contribution is 2.07. The lowest BCUT2D eigenvalue weighted by molar-refractivity contribution is 0.671. The van der Waals surface area contributed by atoms with Gasteiger partial charge in [-0.2, -0.15) is 0 Å². The van der Waals surface area contributed by atoms with Crippen molar-refractivity contribution in [2.75, 3.05) is 5.32 Å². The zero-order valence-corrected chi connectivity index (χ0v) is 11.2. The molecule has 0 atom stereocenters. The van der Waals surface area contributed by atoms with E-state index in [4.69, 9.17) is 0 Å². The van der Waals surface area contributed by atoms with Crippen molar-refractivity contribution < 1.29 is 0 Å². The molecule has 0 aliphatic rings. The Morgan fingerprint density at radius 2 is 2.00 bits per heavy atom. The van der Waals surface area contributed by atoms with Crippen LogP contribution in [0.25, 0.3) is 0 Å². The standard InChI is InChI=1S/C13H16N4O2/c1-9-4-11(7-14-5-9)15-6-10-8-16(2)13(19)17(3)12(10)18/h4-5,7-8,15H,6H2,1-3H3. The molecule has 19 heavy (non-hydrogen) atoms. The van der Waals surface area contributed by atoms with Crippen molar-refractivity contribution in [1.29, 1.82) is 0 Å². The fraction of sp³-hybridized carbons (Fsp3) is 0.308. The molecule has 1 N–H and O–H groups in total. The Balaban J connectivity index is 2.26. The van der Waals surface area contributed by atoms with Crippen molar-refractivity contribution in [3.05, 3.63) is 56.6 Å². The van der Waals surface area contributed by atoms with E-state index in [-0.39, 0.29) is 11.2 Å². The lowest BCUT2D eigenvalue weighted by Crippen LogP contribution is -2.38. The number of anilines is 1. The van der Waals surface area contributed by atoms with Crippen molar-refractivity contribution in [2.45, 2.75) is 13.5 Å². The van der Waals surface area contributed by atoms with Crippen molar-refractivity contribution in [3.8, 4) is 0 Å². The normalized spacial score (nSPS) is 10.5. The van der Waals surface area contributed by atoms with E-state index in [1.165, 1.54) is 11.6 Å². The first-order chi connectivity index (χ1) is 8.99. The van der Waals surface area contributed by atoms with Crippen LogP contribution in [0.1, 0.15) is 11.1 Å². The van der Waals surface area contributed by atoms with Crippen molar-refractivity contribution in [3.63, 3.8) is 0 Å². The minimum absolute atomic E-state index is 0.281. The fourth-order valence-electron chi connectivity index (χ4n) is 1.85.